The third kappa shape index (κ3) is 4.26. The minimum atomic E-state index is 0.512. The lowest BCUT2D eigenvalue weighted by molar-refractivity contribution is 0.0924. The van der Waals surface area contributed by atoms with Gasteiger partial charge in [0, 0.05) is 6.04 Å². The molecule has 0 spiro atoms. The number of unbranched alkanes of at least 4 members (excludes halogenated alkanes) is 1. The van der Waals surface area contributed by atoms with E-state index in [2.05, 4.69) is 25.7 Å². The van der Waals surface area contributed by atoms with Gasteiger partial charge in [0.2, 0.25) is 0 Å². The van der Waals surface area contributed by atoms with Crippen molar-refractivity contribution in [3.8, 4) is 0 Å². The van der Waals surface area contributed by atoms with Crippen molar-refractivity contribution in [1.82, 2.24) is 4.90 Å². The molecule has 0 aromatic heterocycles. The number of hydrogen-bond donors (Lipinski definition) is 1. The van der Waals surface area contributed by atoms with Crippen LogP contribution in [-0.2, 0) is 0 Å². The van der Waals surface area contributed by atoms with Gasteiger partial charge in [0.1, 0.15) is 0 Å². The highest BCUT2D eigenvalue weighted by molar-refractivity contribution is 4.89. The molecule has 1 aliphatic carbocycles. The minimum Gasteiger partial charge on any atom is -0.330 e. The van der Waals surface area contributed by atoms with Crippen LogP contribution in [0.5, 0.6) is 0 Å². The first kappa shape index (κ1) is 15.0. The Morgan fingerprint density at radius 3 is 2.35 bits per heavy atom. The molecule has 102 valence electrons. The summed E-state index contributed by atoms with van der Waals surface area (Å²) in [5.74, 6) is 0. The van der Waals surface area contributed by atoms with Gasteiger partial charge in [-0.1, -0.05) is 26.7 Å². The fourth-order valence-electron chi connectivity index (χ4n) is 2.79. The Kier molecular flexibility index (Phi) is 6.50. The van der Waals surface area contributed by atoms with Crippen molar-refractivity contribution in [3.63, 3.8) is 0 Å². The summed E-state index contributed by atoms with van der Waals surface area (Å²) < 4.78 is 0. The molecule has 1 aliphatic rings. The van der Waals surface area contributed by atoms with Gasteiger partial charge in [0.15, 0.2) is 0 Å². The molecule has 1 fully saturated rings. The Bertz CT molecular complexity index is 194. The molecule has 2 N–H and O–H groups in total. The second-order valence-corrected chi connectivity index (χ2v) is 5.95. The molecule has 0 bridgehead atoms. The van der Waals surface area contributed by atoms with E-state index in [-0.39, 0.29) is 0 Å². The van der Waals surface area contributed by atoms with Gasteiger partial charge in [-0.3, -0.25) is 0 Å². The lowest BCUT2D eigenvalue weighted by Crippen LogP contribution is -2.42. The summed E-state index contributed by atoms with van der Waals surface area (Å²) in [6.45, 7) is 10.4. The van der Waals surface area contributed by atoms with Crippen LogP contribution >= 0.6 is 0 Å². The standard InChI is InChI=1S/C15H32N2/c1-4-6-11-17(14(3)5-2)12-10-15(13-16)8-7-9-15/h14H,4-13,16H2,1-3H3. The van der Waals surface area contributed by atoms with Crippen molar-refractivity contribution in [2.75, 3.05) is 19.6 Å². The van der Waals surface area contributed by atoms with E-state index in [1.807, 2.05) is 0 Å². The fourth-order valence-corrected chi connectivity index (χ4v) is 2.79. The molecule has 17 heavy (non-hydrogen) atoms. The van der Waals surface area contributed by atoms with E-state index in [1.165, 1.54) is 58.0 Å². The summed E-state index contributed by atoms with van der Waals surface area (Å²) >= 11 is 0. The SMILES string of the molecule is CCCCN(CCC1(CN)CCC1)C(C)CC. The molecule has 0 aliphatic heterocycles. The Morgan fingerprint density at radius 1 is 1.24 bits per heavy atom. The highest BCUT2D eigenvalue weighted by Gasteiger charge is 2.35. The second-order valence-electron chi connectivity index (χ2n) is 5.95. The molecule has 1 unspecified atom stereocenters. The molecule has 1 saturated carbocycles. The molecule has 2 nitrogen and oxygen atoms in total. The average molecular weight is 240 g/mol. The van der Waals surface area contributed by atoms with Crippen molar-refractivity contribution in [3.05, 3.63) is 0 Å². The number of nitrogens with zero attached hydrogens (tertiary/aromatic N) is 1. The van der Waals surface area contributed by atoms with Crippen LogP contribution in [0.4, 0.5) is 0 Å². The van der Waals surface area contributed by atoms with Crippen molar-refractivity contribution < 1.29 is 0 Å². The average Bonchev–Trinajstić information content (AvgIpc) is 2.31. The summed E-state index contributed by atoms with van der Waals surface area (Å²) in [6.07, 6.45) is 9.35. The molecular formula is C15H32N2. The van der Waals surface area contributed by atoms with Gasteiger partial charge >= 0.3 is 0 Å². The Hall–Kier alpha value is -0.0800. The van der Waals surface area contributed by atoms with Gasteiger partial charge in [0.25, 0.3) is 0 Å². The summed E-state index contributed by atoms with van der Waals surface area (Å²) in [5.41, 5.74) is 6.46. The summed E-state index contributed by atoms with van der Waals surface area (Å²) in [5, 5.41) is 0. The predicted octanol–water partition coefficient (Wildman–Crippen LogP) is 3.41. The molecule has 2 heteroatoms. The van der Waals surface area contributed by atoms with Gasteiger partial charge < -0.3 is 10.6 Å². The number of rotatable bonds is 9. The normalized spacial score (nSPS) is 20.3. The molecule has 1 rings (SSSR count). The van der Waals surface area contributed by atoms with E-state index in [4.69, 9.17) is 5.73 Å². The van der Waals surface area contributed by atoms with Crippen molar-refractivity contribution in [1.29, 1.82) is 0 Å². The topological polar surface area (TPSA) is 29.3 Å². The summed E-state index contributed by atoms with van der Waals surface area (Å²) in [7, 11) is 0. The predicted molar refractivity (Wildman–Crippen MR) is 76.2 cm³/mol. The van der Waals surface area contributed by atoms with Gasteiger partial charge in [-0.25, -0.2) is 0 Å². The third-order valence-electron chi connectivity index (χ3n) is 4.79. The van der Waals surface area contributed by atoms with Gasteiger partial charge in [-0.05, 0) is 64.1 Å². The second kappa shape index (κ2) is 7.38. The largest absolute Gasteiger partial charge is 0.330 e. The zero-order valence-corrected chi connectivity index (χ0v) is 12.2. The van der Waals surface area contributed by atoms with E-state index in [0.29, 0.717) is 5.41 Å². The Labute approximate surface area is 108 Å². The zero-order valence-electron chi connectivity index (χ0n) is 12.2. The van der Waals surface area contributed by atoms with Crippen LogP contribution in [0, 0.1) is 5.41 Å². The van der Waals surface area contributed by atoms with Crippen molar-refractivity contribution in [2.45, 2.75) is 71.8 Å². The molecule has 0 aromatic rings. The van der Waals surface area contributed by atoms with Gasteiger partial charge in [-0.15, -0.1) is 0 Å². The van der Waals surface area contributed by atoms with E-state index in [0.717, 1.165) is 12.6 Å². The number of hydrogen-bond acceptors (Lipinski definition) is 2. The van der Waals surface area contributed by atoms with E-state index in [1.54, 1.807) is 0 Å². The lowest BCUT2D eigenvalue weighted by atomic mass is 9.66. The first-order valence-corrected chi connectivity index (χ1v) is 7.61. The molecule has 1 atom stereocenters. The fraction of sp³-hybridized carbons (Fsp3) is 1.00. The summed E-state index contributed by atoms with van der Waals surface area (Å²) in [6, 6.07) is 0.733. The maximum absolute atomic E-state index is 5.95. The third-order valence-corrected chi connectivity index (χ3v) is 4.79. The molecular weight excluding hydrogens is 208 g/mol. The van der Waals surface area contributed by atoms with Crippen LogP contribution in [0.25, 0.3) is 0 Å². The van der Waals surface area contributed by atoms with Crippen LogP contribution in [0.3, 0.4) is 0 Å². The van der Waals surface area contributed by atoms with Crippen molar-refractivity contribution >= 4 is 0 Å². The summed E-state index contributed by atoms with van der Waals surface area (Å²) in [4.78, 5) is 2.68. The van der Waals surface area contributed by atoms with Crippen LogP contribution in [0.2, 0.25) is 0 Å². The van der Waals surface area contributed by atoms with Gasteiger partial charge in [0.05, 0.1) is 0 Å². The maximum atomic E-state index is 5.95. The first-order chi connectivity index (χ1) is 8.17. The van der Waals surface area contributed by atoms with E-state index >= 15 is 0 Å². The molecule has 0 heterocycles. The highest BCUT2D eigenvalue weighted by Crippen LogP contribution is 2.43. The highest BCUT2D eigenvalue weighted by atomic mass is 15.1. The maximum Gasteiger partial charge on any atom is 0.00643 e. The first-order valence-electron chi connectivity index (χ1n) is 7.61. The Morgan fingerprint density at radius 2 is 1.94 bits per heavy atom. The molecule has 0 amide bonds. The van der Waals surface area contributed by atoms with Crippen molar-refractivity contribution in [2.24, 2.45) is 11.1 Å². The Balaban J connectivity index is 2.36. The monoisotopic (exact) mass is 240 g/mol. The van der Waals surface area contributed by atoms with Crippen LogP contribution in [0.15, 0.2) is 0 Å². The molecule has 0 radical (unpaired) electrons. The van der Waals surface area contributed by atoms with E-state index < -0.39 is 0 Å². The van der Waals surface area contributed by atoms with E-state index in [9.17, 15) is 0 Å². The quantitative estimate of drug-likeness (QED) is 0.669. The van der Waals surface area contributed by atoms with Gasteiger partial charge in [-0.2, -0.15) is 0 Å². The lowest BCUT2D eigenvalue weighted by Gasteiger charge is -2.43. The molecule has 0 aromatic carbocycles. The number of nitrogens with two attached hydrogens (primary N) is 1. The van der Waals surface area contributed by atoms with Crippen LogP contribution < -0.4 is 5.73 Å². The van der Waals surface area contributed by atoms with Crippen LogP contribution in [-0.4, -0.2) is 30.6 Å². The molecule has 0 saturated heterocycles. The van der Waals surface area contributed by atoms with Crippen LogP contribution in [0.1, 0.15) is 65.7 Å². The smallest absolute Gasteiger partial charge is 0.00643 e. The minimum absolute atomic E-state index is 0.512. The zero-order chi connectivity index (χ0) is 12.7.